The van der Waals surface area contributed by atoms with Gasteiger partial charge in [0.2, 0.25) is 0 Å². The Bertz CT molecular complexity index is 841. The van der Waals surface area contributed by atoms with Gasteiger partial charge >= 0.3 is 0 Å². The Labute approximate surface area is 177 Å². The lowest BCUT2D eigenvalue weighted by molar-refractivity contribution is 0.0724. The van der Waals surface area contributed by atoms with Crippen molar-refractivity contribution < 1.29 is 4.79 Å². The van der Waals surface area contributed by atoms with Crippen LogP contribution in [0.5, 0.6) is 0 Å². The quantitative estimate of drug-likeness (QED) is 0.732. The first-order valence-corrected chi connectivity index (χ1v) is 11.0. The molecule has 1 amide bonds. The summed E-state index contributed by atoms with van der Waals surface area (Å²) in [6.45, 7) is 1.73. The highest BCUT2D eigenvalue weighted by Crippen LogP contribution is 2.37. The number of benzene rings is 1. The fraction of sp³-hybridized carbons (Fsp3) is 0.435. The van der Waals surface area contributed by atoms with Crippen LogP contribution in [0.4, 0.5) is 5.69 Å². The molecule has 2 aliphatic rings. The van der Waals surface area contributed by atoms with Crippen LogP contribution in [0.1, 0.15) is 61.0 Å². The predicted molar refractivity (Wildman–Crippen MR) is 120 cm³/mol. The van der Waals surface area contributed by atoms with E-state index in [2.05, 4.69) is 21.7 Å². The molecule has 2 fully saturated rings. The third-order valence-corrected chi connectivity index (χ3v) is 6.20. The molecular weight excluding hydrogens is 380 g/mol. The summed E-state index contributed by atoms with van der Waals surface area (Å²) in [5.41, 5.74) is 2.46. The molecule has 1 aliphatic carbocycles. The Morgan fingerprint density at radius 2 is 1.69 bits per heavy atom. The molecule has 1 aliphatic heterocycles. The predicted octanol–water partition coefficient (Wildman–Crippen LogP) is 4.46. The van der Waals surface area contributed by atoms with Crippen molar-refractivity contribution in [2.24, 2.45) is 0 Å². The van der Waals surface area contributed by atoms with Crippen LogP contribution in [0.2, 0.25) is 0 Å². The smallest absolute Gasteiger partial charge is 0.253 e. The normalized spacial score (nSPS) is 18.3. The molecule has 0 unspecified atom stereocenters. The standard InChI is InChI=1S/C23H28N4OS/c28-21(27-16-6-1-7-17-27)18-9-11-19(12-10-18)25-22(29)26-23(13-3-4-14-23)20-8-2-5-15-24-20/h2,5,8-12,15H,1,3-4,6-7,13-14,16-17H2,(H2,25,26,29). The van der Waals surface area contributed by atoms with Crippen LogP contribution in [0, 0.1) is 0 Å². The van der Waals surface area contributed by atoms with Crippen LogP contribution in [-0.2, 0) is 5.54 Å². The van der Waals surface area contributed by atoms with Gasteiger partial charge in [0.05, 0.1) is 11.2 Å². The number of anilines is 1. The van der Waals surface area contributed by atoms with Gasteiger partial charge in [-0.05, 0) is 80.7 Å². The van der Waals surface area contributed by atoms with E-state index in [0.29, 0.717) is 5.11 Å². The molecule has 2 N–H and O–H groups in total. The van der Waals surface area contributed by atoms with Gasteiger partial charge in [-0.1, -0.05) is 18.9 Å². The highest BCUT2D eigenvalue weighted by atomic mass is 32.1. The number of rotatable bonds is 4. The summed E-state index contributed by atoms with van der Waals surface area (Å²) in [6.07, 6.45) is 9.64. The minimum absolute atomic E-state index is 0.122. The number of nitrogens with zero attached hydrogens (tertiary/aromatic N) is 2. The molecule has 1 aromatic carbocycles. The summed E-state index contributed by atoms with van der Waals surface area (Å²) >= 11 is 5.61. The Balaban J connectivity index is 1.40. The largest absolute Gasteiger partial charge is 0.351 e. The van der Waals surface area contributed by atoms with Crippen molar-refractivity contribution in [1.82, 2.24) is 15.2 Å². The lowest BCUT2D eigenvalue weighted by Gasteiger charge is -2.31. The topological polar surface area (TPSA) is 57.3 Å². The van der Waals surface area contributed by atoms with Crippen LogP contribution in [0.3, 0.4) is 0 Å². The van der Waals surface area contributed by atoms with E-state index in [-0.39, 0.29) is 11.4 Å². The zero-order valence-electron chi connectivity index (χ0n) is 16.7. The third kappa shape index (κ3) is 4.58. The van der Waals surface area contributed by atoms with Crippen LogP contribution in [-0.4, -0.2) is 34.0 Å². The van der Waals surface area contributed by atoms with Gasteiger partial charge in [-0.2, -0.15) is 0 Å². The van der Waals surface area contributed by atoms with Gasteiger partial charge in [0.1, 0.15) is 0 Å². The molecular formula is C23H28N4OS. The average Bonchev–Trinajstić information content (AvgIpc) is 3.24. The second-order valence-corrected chi connectivity index (χ2v) is 8.42. The van der Waals surface area contributed by atoms with Crippen molar-refractivity contribution in [3.63, 3.8) is 0 Å². The van der Waals surface area contributed by atoms with Crippen molar-refractivity contribution in [2.45, 2.75) is 50.5 Å². The number of amides is 1. The fourth-order valence-electron chi connectivity index (χ4n) is 4.42. The number of thiocarbonyl (C=S) groups is 1. The van der Waals surface area contributed by atoms with E-state index in [0.717, 1.165) is 55.7 Å². The molecule has 0 atom stereocenters. The number of aromatic nitrogens is 1. The van der Waals surface area contributed by atoms with Crippen LogP contribution in [0.25, 0.3) is 0 Å². The minimum Gasteiger partial charge on any atom is -0.351 e. The van der Waals surface area contributed by atoms with E-state index in [1.807, 2.05) is 47.5 Å². The lowest BCUT2D eigenvalue weighted by Crippen LogP contribution is -2.46. The zero-order valence-corrected chi connectivity index (χ0v) is 17.5. The second-order valence-electron chi connectivity index (χ2n) is 8.01. The second kappa shape index (κ2) is 8.91. The molecule has 0 bridgehead atoms. The van der Waals surface area contributed by atoms with E-state index in [1.165, 1.54) is 19.3 Å². The summed E-state index contributed by atoms with van der Waals surface area (Å²) in [5, 5.41) is 7.40. The van der Waals surface area contributed by atoms with Crippen molar-refractivity contribution in [3.8, 4) is 0 Å². The van der Waals surface area contributed by atoms with Crippen molar-refractivity contribution in [1.29, 1.82) is 0 Å². The highest BCUT2D eigenvalue weighted by Gasteiger charge is 2.37. The molecule has 1 saturated carbocycles. The molecule has 0 radical (unpaired) electrons. The molecule has 0 spiro atoms. The fourth-order valence-corrected chi connectivity index (χ4v) is 4.74. The zero-order chi connectivity index (χ0) is 20.1. The number of nitrogens with one attached hydrogen (secondary N) is 2. The SMILES string of the molecule is O=C(c1ccc(NC(=S)NC2(c3ccccn3)CCCC2)cc1)N1CCCCC1. The number of hydrogen-bond acceptors (Lipinski definition) is 3. The van der Waals surface area contributed by atoms with Gasteiger partial charge in [-0.3, -0.25) is 9.78 Å². The maximum Gasteiger partial charge on any atom is 0.253 e. The number of carbonyl (C=O) groups excluding carboxylic acids is 1. The van der Waals surface area contributed by atoms with Gasteiger partial charge in [0, 0.05) is 30.5 Å². The summed E-state index contributed by atoms with van der Waals surface area (Å²) in [5.74, 6) is 0.122. The molecule has 1 aromatic heterocycles. The highest BCUT2D eigenvalue weighted by molar-refractivity contribution is 7.80. The molecule has 5 nitrogen and oxygen atoms in total. The van der Waals surface area contributed by atoms with Gasteiger partial charge in [0.15, 0.2) is 5.11 Å². The van der Waals surface area contributed by atoms with Crippen molar-refractivity contribution in [2.75, 3.05) is 18.4 Å². The molecule has 1 saturated heterocycles. The number of hydrogen-bond donors (Lipinski definition) is 2. The first-order chi connectivity index (χ1) is 14.2. The molecule has 2 aromatic rings. The first-order valence-electron chi connectivity index (χ1n) is 10.6. The average molecular weight is 409 g/mol. The summed E-state index contributed by atoms with van der Waals surface area (Å²) < 4.78 is 0. The number of pyridine rings is 1. The van der Waals surface area contributed by atoms with Gasteiger partial charge in [-0.15, -0.1) is 0 Å². The Morgan fingerprint density at radius 3 is 2.34 bits per heavy atom. The van der Waals surface area contributed by atoms with Crippen molar-refractivity contribution in [3.05, 3.63) is 59.9 Å². The van der Waals surface area contributed by atoms with Gasteiger partial charge < -0.3 is 15.5 Å². The summed E-state index contributed by atoms with van der Waals surface area (Å²) in [7, 11) is 0. The summed E-state index contributed by atoms with van der Waals surface area (Å²) in [6, 6.07) is 13.6. The van der Waals surface area contributed by atoms with E-state index in [9.17, 15) is 4.79 Å². The van der Waals surface area contributed by atoms with Crippen LogP contribution >= 0.6 is 12.2 Å². The first kappa shape index (κ1) is 19.8. The van der Waals surface area contributed by atoms with Gasteiger partial charge in [-0.25, -0.2) is 0 Å². The van der Waals surface area contributed by atoms with E-state index >= 15 is 0 Å². The van der Waals surface area contributed by atoms with E-state index < -0.39 is 0 Å². The monoisotopic (exact) mass is 408 g/mol. The number of likely N-dealkylation sites (tertiary alicyclic amines) is 1. The Morgan fingerprint density at radius 1 is 0.966 bits per heavy atom. The maximum atomic E-state index is 12.6. The number of piperidine rings is 1. The van der Waals surface area contributed by atoms with E-state index in [4.69, 9.17) is 12.2 Å². The number of carbonyl (C=O) groups is 1. The molecule has 6 heteroatoms. The third-order valence-electron chi connectivity index (χ3n) is 6.00. The summed E-state index contributed by atoms with van der Waals surface area (Å²) in [4.78, 5) is 19.2. The maximum absolute atomic E-state index is 12.6. The van der Waals surface area contributed by atoms with Crippen molar-refractivity contribution >= 4 is 28.9 Å². The van der Waals surface area contributed by atoms with Crippen LogP contribution in [0.15, 0.2) is 48.7 Å². The molecule has 152 valence electrons. The Kier molecular flexibility index (Phi) is 6.09. The lowest BCUT2D eigenvalue weighted by atomic mass is 9.93. The molecule has 4 rings (SSSR count). The molecule has 29 heavy (non-hydrogen) atoms. The van der Waals surface area contributed by atoms with E-state index in [1.54, 1.807) is 0 Å². The Hall–Kier alpha value is -2.47. The minimum atomic E-state index is -0.199. The molecule has 2 heterocycles. The van der Waals surface area contributed by atoms with Crippen LogP contribution < -0.4 is 10.6 Å². The van der Waals surface area contributed by atoms with Gasteiger partial charge in [0.25, 0.3) is 5.91 Å².